The smallest absolute Gasteiger partial charge is 0.512 e. The molecule has 3 nitrogen and oxygen atoms in total. The van der Waals surface area contributed by atoms with E-state index in [2.05, 4.69) is 6.07 Å². The average Bonchev–Trinajstić information content (AvgIpc) is 2.39. The van der Waals surface area contributed by atoms with Crippen LogP contribution in [0.3, 0.4) is 0 Å². The molecule has 2 aromatic carbocycles. The Kier molecular flexibility index (Phi) is 5.13. The predicted molar refractivity (Wildman–Crippen MR) is 83.0 cm³/mol. The van der Waals surface area contributed by atoms with E-state index in [1.54, 1.807) is 12.1 Å². The second-order valence-electron chi connectivity index (χ2n) is 4.22. The molecule has 0 amide bonds. The summed E-state index contributed by atoms with van der Waals surface area (Å²) in [6, 6.07) is 11.4. The molecule has 2 aromatic rings. The topological polar surface area (TPSA) is 49.7 Å². The van der Waals surface area contributed by atoms with Crippen LogP contribution in [0.1, 0.15) is 0 Å². The third kappa shape index (κ3) is 3.64. The first kappa shape index (κ1) is 14.7. The number of rotatable bonds is 5. The fraction of sp³-hybridized carbons (Fsp3) is 0.167. The molecule has 0 heterocycles. The van der Waals surface area contributed by atoms with Gasteiger partial charge in [-0.25, -0.2) is 0 Å². The summed E-state index contributed by atoms with van der Waals surface area (Å²) in [6.07, 6.45) is 0. The van der Waals surface area contributed by atoms with Gasteiger partial charge in [-0.05, 0) is 22.9 Å². The summed E-state index contributed by atoms with van der Waals surface area (Å²) in [5.41, 5.74) is 1.24. The van der Waals surface area contributed by atoms with Gasteiger partial charge in [0, 0.05) is 11.0 Å². The van der Waals surface area contributed by atoms with Crippen LogP contribution in [0.5, 0.6) is 5.75 Å². The fourth-order valence-corrected chi connectivity index (χ4v) is 5.19. The van der Waals surface area contributed by atoms with E-state index in [0.717, 1.165) is 10.8 Å². The van der Waals surface area contributed by atoms with Crippen molar-refractivity contribution in [1.82, 2.24) is 0 Å². The molecular weight excluding hydrogens is 302 g/mol. The number of hydrogen-bond donors (Lipinski definition) is 2. The minimum Gasteiger partial charge on any atom is -0.512 e. The Bertz CT molecular complexity index is 564. The summed E-state index contributed by atoms with van der Waals surface area (Å²) >= 11 is 11.9. The lowest BCUT2D eigenvalue weighted by Crippen LogP contribution is -2.34. The normalized spacial score (nSPS) is 11.0. The van der Waals surface area contributed by atoms with Crippen LogP contribution >= 0.6 is 23.2 Å². The van der Waals surface area contributed by atoms with Crippen molar-refractivity contribution < 1.29 is 14.7 Å². The van der Waals surface area contributed by atoms with Gasteiger partial charge in [0.1, 0.15) is 14.5 Å². The van der Waals surface area contributed by atoms with E-state index in [-0.39, 0.29) is 0 Å². The Labute approximate surface area is 123 Å². The second kappa shape index (κ2) is 6.63. The molecule has 0 aliphatic rings. The van der Waals surface area contributed by atoms with Gasteiger partial charge in [0.25, 0.3) is 0 Å². The molecule has 19 heavy (non-hydrogen) atoms. The zero-order chi connectivity index (χ0) is 13.8. The Morgan fingerprint density at radius 2 is 1.63 bits per heavy atom. The van der Waals surface area contributed by atoms with E-state index < -0.39 is 16.1 Å². The molecule has 0 atom stereocenters. The standard InChI is InChI=1S/C12H13BCl2O3Si/c14-7-19(8-15)12-4-2-9-5-11(18-13(16)17)3-1-10(9)6-12/h1-6,16-17,19H,7-8H2. The summed E-state index contributed by atoms with van der Waals surface area (Å²) < 4.78 is 4.82. The van der Waals surface area contributed by atoms with Gasteiger partial charge in [0.15, 0.2) is 0 Å². The maximum atomic E-state index is 8.77. The van der Waals surface area contributed by atoms with Crippen molar-refractivity contribution in [2.75, 3.05) is 11.0 Å². The van der Waals surface area contributed by atoms with Crippen LogP contribution in [0, 0.1) is 0 Å². The Hall–Kier alpha value is -0.718. The van der Waals surface area contributed by atoms with Crippen LogP contribution in [0.4, 0.5) is 0 Å². The average molecular weight is 315 g/mol. The minimum atomic E-state index is -1.80. The van der Waals surface area contributed by atoms with E-state index >= 15 is 0 Å². The van der Waals surface area contributed by atoms with Gasteiger partial charge >= 0.3 is 7.32 Å². The van der Waals surface area contributed by atoms with Gasteiger partial charge in [0.05, 0.1) is 0 Å². The van der Waals surface area contributed by atoms with E-state index in [1.807, 2.05) is 18.2 Å². The Morgan fingerprint density at radius 1 is 1.00 bits per heavy atom. The van der Waals surface area contributed by atoms with Gasteiger partial charge in [-0.2, -0.15) is 0 Å². The number of alkyl halides is 2. The first-order chi connectivity index (χ1) is 9.13. The first-order valence-electron chi connectivity index (χ1n) is 5.82. The summed E-state index contributed by atoms with van der Waals surface area (Å²) in [4.78, 5) is 0. The SMILES string of the molecule is OB(O)Oc1ccc2cc([SiH](CCl)CCl)ccc2c1. The molecule has 7 heteroatoms. The maximum absolute atomic E-state index is 8.77. The molecular formula is C12H13BCl2O3Si. The van der Waals surface area contributed by atoms with Crippen LogP contribution in [-0.2, 0) is 0 Å². The molecule has 0 spiro atoms. The van der Waals surface area contributed by atoms with Crippen LogP contribution in [-0.4, -0.2) is 37.2 Å². The molecule has 2 rings (SSSR count). The molecule has 0 aliphatic carbocycles. The molecule has 0 bridgehead atoms. The summed E-state index contributed by atoms with van der Waals surface area (Å²) in [5, 5.41) is 20.8. The third-order valence-corrected chi connectivity index (χ3v) is 7.20. The third-order valence-electron chi connectivity index (χ3n) is 2.92. The molecule has 100 valence electrons. The van der Waals surface area contributed by atoms with Gasteiger partial charge in [-0.1, -0.05) is 29.5 Å². The van der Waals surface area contributed by atoms with Gasteiger partial charge in [-0.15, -0.1) is 23.2 Å². The number of benzene rings is 2. The number of halogens is 2. The highest BCUT2D eigenvalue weighted by Crippen LogP contribution is 2.20. The lowest BCUT2D eigenvalue weighted by molar-refractivity contribution is 0.288. The lowest BCUT2D eigenvalue weighted by Gasteiger charge is -2.11. The molecule has 0 aliphatic heterocycles. The van der Waals surface area contributed by atoms with Crippen LogP contribution in [0.15, 0.2) is 36.4 Å². The van der Waals surface area contributed by atoms with Gasteiger partial charge in [0.2, 0.25) is 0 Å². The Balaban J connectivity index is 2.34. The van der Waals surface area contributed by atoms with Crippen molar-refractivity contribution in [2.45, 2.75) is 0 Å². The minimum absolute atomic E-state index is 0.415. The van der Waals surface area contributed by atoms with Crippen molar-refractivity contribution in [1.29, 1.82) is 0 Å². The monoisotopic (exact) mass is 314 g/mol. The molecule has 0 radical (unpaired) electrons. The number of hydrogen-bond acceptors (Lipinski definition) is 3. The summed E-state index contributed by atoms with van der Waals surface area (Å²) in [7, 11) is -3.08. The molecule has 0 aromatic heterocycles. The highest BCUT2D eigenvalue weighted by atomic mass is 35.5. The fourth-order valence-electron chi connectivity index (χ4n) is 1.91. The molecule has 0 saturated carbocycles. The zero-order valence-electron chi connectivity index (χ0n) is 10.1. The van der Waals surface area contributed by atoms with Gasteiger partial charge in [-0.3, -0.25) is 0 Å². The quantitative estimate of drug-likeness (QED) is 0.643. The van der Waals surface area contributed by atoms with Gasteiger partial charge < -0.3 is 14.7 Å². The van der Waals surface area contributed by atoms with Crippen molar-refractivity contribution in [3.05, 3.63) is 36.4 Å². The lowest BCUT2D eigenvalue weighted by atomic mass is 10.1. The van der Waals surface area contributed by atoms with Crippen LogP contribution in [0.25, 0.3) is 10.8 Å². The van der Waals surface area contributed by atoms with Crippen LogP contribution in [0.2, 0.25) is 0 Å². The van der Waals surface area contributed by atoms with Crippen molar-refractivity contribution in [2.24, 2.45) is 0 Å². The Morgan fingerprint density at radius 3 is 2.26 bits per heavy atom. The predicted octanol–water partition coefficient (Wildman–Crippen LogP) is 1.18. The second-order valence-corrected chi connectivity index (χ2v) is 8.75. The van der Waals surface area contributed by atoms with E-state index in [0.29, 0.717) is 16.8 Å². The summed E-state index contributed by atoms with van der Waals surface area (Å²) in [6.45, 7) is 0. The highest BCUT2D eigenvalue weighted by molar-refractivity contribution is 6.83. The largest absolute Gasteiger partial charge is 0.707 e. The van der Waals surface area contributed by atoms with Crippen molar-refractivity contribution in [3.63, 3.8) is 0 Å². The maximum Gasteiger partial charge on any atom is 0.707 e. The number of fused-ring (bicyclic) bond motifs is 1. The van der Waals surface area contributed by atoms with Crippen molar-refractivity contribution in [3.8, 4) is 5.75 Å². The van der Waals surface area contributed by atoms with Crippen molar-refractivity contribution >= 4 is 55.3 Å². The first-order valence-corrected chi connectivity index (χ1v) is 9.10. The molecule has 0 saturated heterocycles. The highest BCUT2D eigenvalue weighted by Gasteiger charge is 2.13. The molecule has 0 unspecified atom stereocenters. The van der Waals surface area contributed by atoms with E-state index in [4.69, 9.17) is 37.9 Å². The summed E-state index contributed by atoms with van der Waals surface area (Å²) in [5.74, 6) is 0.415. The zero-order valence-corrected chi connectivity index (χ0v) is 12.8. The van der Waals surface area contributed by atoms with E-state index in [1.165, 1.54) is 5.19 Å². The van der Waals surface area contributed by atoms with E-state index in [9.17, 15) is 0 Å². The molecule has 0 fully saturated rings. The van der Waals surface area contributed by atoms with Crippen LogP contribution < -0.4 is 9.84 Å². The molecule has 2 N–H and O–H groups in total.